The van der Waals surface area contributed by atoms with E-state index in [9.17, 15) is 4.79 Å². The summed E-state index contributed by atoms with van der Waals surface area (Å²) in [5.74, 6) is -0.211. The molecule has 2 N–H and O–H groups in total. The van der Waals surface area contributed by atoms with Gasteiger partial charge in [0.2, 0.25) is 0 Å². The monoisotopic (exact) mass is 334 g/mol. The number of hydrogen-bond acceptors (Lipinski definition) is 5. The number of amides is 1. The first-order valence-corrected chi connectivity index (χ1v) is 7.96. The molecule has 1 aliphatic heterocycles. The molecule has 1 aliphatic rings. The van der Waals surface area contributed by atoms with Crippen molar-refractivity contribution in [2.45, 2.75) is 0 Å². The molecule has 118 valence electrons. The summed E-state index contributed by atoms with van der Waals surface area (Å²) in [4.78, 5) is 21.5. The lowest BCUT2D eigenvalue weighted by atomic mass is 10.1. The van der Waals surface area contributed by atoms with Crippen LogP contribution in [-0.4, -0.2) is 22.4 Å². The fourth-order valence-electron chi connectivity index (χ4n) is 2.76. The molecule has 0 fully saturated rings. The summed E-state index contributed by atoms with van der Waals surface area (Å²) in [5, 5.41) is 8.36. The number of nitrogens with one attached hydrogen (secondary N) is 2. The average Bonchev–Trinajstić information content (AvgIpc) is 2.62. The highest BCUT2D eigenvalue weighted by atomic mass is 32.1. The van der Waals surface area contributed by atoms with Crippen LogP contribution in [0.5, 0.6) is 0 Å². The Bertz CT molecular complexity index is 1030. The molecule has 3 aromatic rings. The zero-order chi connectivity index (χ0) is 16.5. The highest BCUT2D eigenvalue weighted by Crippen LogP contribution is 2.29. The molecule has 6 heteroatoms. The Balaban J connectivity index is 1.84. The molecular formula is C18H14N4OS. The number of nitrogens with zero attached hydrogens (tertiary/aromatic N) is 2. The standard InChI is InChI=1S/C18H14N4OS/c23-17(13-6-3-9-21-18(13)24)22-14-10-11-4-1-7-19-15(11)16-12(14)5-2-8-20-16/h1-8,10,21,24H,9H2,(H,22,23). The fourth-order valence-corrected chi connectivity index (χ4v) is 3.03. The van der Waals surface area contributed by atoms with Crippen LogP contribution in [0.15, 0.2) is 65.5 Å². The quantitative estimate of drug-likeness (QED) is 0.498. The first-order chi connectivity index (χ1) is 11.7. The van der Waals surface area contributed by atoms with Crippen LogP contribution in [0.2, 0.25) is 0 Å². The number of carbonyl (C=O) groups excluding carboxylic acids is 1. The van der Waals surface area contributed by atoms with Crippen molar-refractivity contribution in [1.29, 1.82) is 0 Å². The van der Waals surface area contributed by atoms with Crippen LogP contribution in [0, 0.1) is 0 Å². The van der Waals surface area contributed by atoms with E-state index in [1.807, 2.05) is 36.4 Å². The summed E-state index contributed by atoms with van der Waals surface area (Å²) in [6.45, 7) is 0.671. The normalized spacial score (nSPS) is 14.0. The van der Waals surface area contributed by atoms with Gasteiger partial charge in [0.05, 0.1) is 27.3 Å². The molecule has 0 bridgehead atoms. The van der Waals surface area contributed by atoms with Gasteiger partial charge in [-0.2, -0.15) is 0 Å². The molecule has 2 aromatic heterocycles. The summed E-state index contributed by atoms with van der Waals surface area (Å²) in [7, 11) is 0. The number of fused-ring (bicyclic) bond motifs is 3. The van der Waals surface area contributed by atoms with Crippen molar-refractivity contribution in [3.8, 4) is 0 Å². The first-order valence-electron chi connectivity index (χ1n) is 7.51. The number of anilines is 1. The van der Waals surface area contributed by atoms with Gasteiger partial charge in [0.15, 0.2) is 0 Å². The summed E-state index contributed by atoms with van der Waals surface area (Å²) in [6, 6.07) is 9.51. The maximum atomic E-state index is 12.6. The molecule has 0 spiro atoms. The van der Waals surface area contributed by atoms with Gasteiger partial charge in [-0.05, 0) is 30.3 Å². The summed E-state index contributed by atoms with van der Waals surface area (Å²) < 4.78 is 0. The van der Waals surface area contributed by atoms with Crippen LogP contribution in [0.4, 0.5) is 5.69 Å². The zero-order valence-electron chi connectivity index (χ0n) is 12.7. The van der Waals surface area contributed by atoms with Gasteiger partial charge in [0.1, 0.15) is 0 Å². The smallest absolute Gasteiger partial charge is 0.258 e. The molecule has 4 rings (SSSR count). The largest absolute Gasteiger partial charge is 0.376 e. The number of aromatic nitrogens is 2. The highest BCUT2D eigenvalue weighted by molar-refractivity contribution is 7.84. The first kappa shape index (κ1) is 14.7. The molecule has 5 nitrogen and oxygen atoms in total. The van der Waals surface area contributed by atoms with Crippen molar-refractivity contribution in [3.05, 3.63) is 65.5 Å². The summed E-state index contributed by atoms with van der Waals surface area (Å²) in [6.07, 6.45) is 7.13. The Hall–Kier alpha value is -2.86. The second kappa shape index (κ2) is 5.98. The summed E-state index contributed by atoms with van der Waals surface area (Å²) in [5.41, 5.74) is 2.80. The lowest BCUT2D eigenvalue weighted by Gasteiger charge is -2.15. The van der Waals surface area contributed by atoms with E-state index in [-0.39, 0.29) is 5.91 Å². The van der Waals surface area contributed by atoms with Crippen molar-refractivity contribution < 1.29 is 4.79 Å². The molecule has 0 radical (unpaired) electrons. The third-order valence-corrected chi connectivity index (χ3v) is 4.28. The number of dihydropyridines is 1. The van der Waals surface area contributed by atoms with Gasteiger partial charge in [-0.3, -0.25) is 14.8 Å². The predicted octanol–water partition coefficient (Wildman–Crippen LogP) is 3.02. The third kappa shape index (κ3) is 2.51. The molecule has 0 saturated carbocycles. The van der Waals surface area contributed by atoms with Crippen LogP contribution in [-0.2, 0) is 4.79 Å². The van der Waals surface area contributed by atoms with Crippen molar-refractivity contribution in [2.24, 2.45) is 0 Å². The van der Waals surface area contributed by atoms with E-state index in [0.29, 0.717) is 22.8 Å². The number of thiol groups is 1. The highest BCUT2D eigenvalue weighted by Gasteiger charge is 2.16. The van der Waals surface area contributed by atoms with Crippen molar-refractivity contribution in [2.75, 3.05) is 11.9 Å². The predicted molar refractivity (Wildman–Crippen MR) is 98.8 cm³/mol. The van der Waals surface area contributed by atoms with Crippen molar-refractivity contribution in [1.82, 2.24) is 15.3 Å². The van der Waals surface area contributed by atoms with Crippen LogP contribution in [0.1, 0.15) is 0 Å². The molecule has 1 aromatic carbocycles. The van der Waals surface area contributed by atoms with Crippen molar-refractivity contribution >= 4 is 46.0 Å². The molecular weight excluding hydrogens is 320 g/mol. The zero-order valence-corrected chi connectivity index (χ0v) is 13.5. The van der Waals surface area contributed by atoms with E-state index >= 15 is 0 Å². The van der Waals surface area contributed by atoms with Gasteiger partial charge in [0.25, 0.3) is 5.91 Å². The molecule has 0 aliphatic carbocycles. The minimum atomic E-state index is -0.211. The van der Waals surface area contributed by atoms with E-state index in [1.165, 1.54) is 0 Å². The lowest BCUT2D eigenvalue weighted by Crippen LogP contribution is -2.22. The average molecular weight is 334 g/mol. The van der Waals surface area contributed by atoms with Gasteiger partial charge in [-0.25, -0.2) is 0 Å². The SMILES string of the molecule is O=C(Nc1cc2cccnc2c2ncccc12)C1=C(S)NCC=C1. The van der Waals surface area contributed by atoms with Gasteiger partial charge in [-0.15, -0.1) is 12.6 Å². The molecule has 0 atom stereocenters. The van der Waals surface area contributed by atoms with E-state index < -0.39 is 0 Å². The van der Waals surface area contributed by atoms with Crippen LogP contribution < -0.4 is 10.6 Å². The fraction of sp³-hybridized carbons (Fsp3) is 0.0556. The molecule has 0 saturated heterocycles. The Morgan fingerprint density at radius 1 is 1.17 bits per heavy atom. The Morgan fingerprint density at radius 3 is 2.79 bits per heavy atom. The van der Waals surface area contributed by atoms with Gasteiger partial charge < -0.3 is 10.6 Å². The number of carbonyl (C=O) groups is 1. The van der Waals surface area contributed by atoms with E-state index in [1.54, 1.807) is 18.5 Å². The second-order valence-corrected chi connectivity index (χ2v) is 5.85. The molecule has 24 heavy (non-hydrogen) atoms. The Morgan fingerprint density at radius 2 is 1.96 bits per heavy atom. The Kier molecular flexibility index (Phi) is 3.66. The number of hydrogen-bond donors (Lipinski definition) is 3. The van der Waals surface area contributed by atoms with Gasteiger partial charge >= 0.3 is 0 Å². The molecule has 1 amide bonds. The van der Waals surface area contributed by atoms with Crippen LogP contribution in [0.25, 0.3) is 21.8 Å². The minimum Gasteiger partial charge on any atom is -0.376 e. The van der Waals surface area contributed by atoms with Crippen LogP contribution >= 0.6 is 12.6 Å². The number of benzene rings is 1. The summed E-state index contributed by atoms with van der Waals surface area (Å²) >= 11 is 4.33. The second-order valence-electron chi connectivity index (χ2n) is 5.40. The van der Waals surface area contributed by atoms with Crippen molar-refractivity contribution in [3.63, 3.8) is 0 Å². The minimum absolute atomic E-state index is 0.211. The Labute approximate surface area is 143 Å². The molecule has 0 unspecified atom stereocenters. The van der Waals surface area contributed by atoms with E-state index in [2.05, 4.69) is 33.2 Å². The van der Waals surface area contributed by atoms with Gasteiger partial charge in [-0.1, -0.05) is 12.1 Å². The lowest BCUT2D eigenvalue weighted by molar-refractivity contribution is -0.112. The number of rotatable bonds is 2. The molecule has 3 heterocycles. The maximum absolute atomic E-state index is 12.6. The number of pyridine rings is 2. The van der Waals surface area contributed by atoms with E-state index in [4.69, 9.17) is 0 Å². The topological polar surface area (TPSA) is 66.9 Å². The van der Waals surface area contributed by atoms with E-state index in [0.717, 1.165) is 21.8 Å². The maximum Gasteiger partial charge on any atom is 0.258 e. The van der Waals surface area contributed by atoms with Gasteiger partial charge in [0, 0.05) is 29.7 Å². The third-order valence-electron chi connectivity index (χ3n) is 3.88. The van der Waals surface area contributed by atoms with Crippen LogP contribution in [0.3, 0.4) is 0 Å².